The van der Waals surface area contributed by atoms with E-state index in [-0.39, 0.29) is 5.91 Å². The molecule has 0 aliphatic heterocycles. The van der Waals surface area contributed by atoms with E-state index < -0.39 is 0 Å². The minimum Gasteiger partial charge on any atom is -0.360 e. The molecule has 0 saturated carbocycles. The molecule has 0 saturated heterocycles. The summed E-state index contributed by atoms with van der Waals surface area (Å²) < 4.78 is 1.03. The molecule has 0 atom stereocenters. The molecule has 1 amide bonds. The maximum Gasteiger partial charge on any atom is 0.254 e. The Morgan fingerprint density at radius 2 is 2.00 bits per heavy atom. The number of aromatic amines is 1. The zero-order valence-corrected chi connectivity index (χ0v) is 13.1. The lowest BCUT2D eigenvalue weighted by Gasteiger charge is -2.03. The number of carbonyl (C=O) groups excluding carboxylic acids is 1. The Balaban J connectivity index is 1.46. The average molecular weight is 322 g/mol. The third kappa shape index (κ3) is 2.57. The summed E-state index contributed by atoms with van der Waals surface area (Å²) in [5.74, 6) is -0.0808. The average Bonchev–Trinajstić information content (AvgIpc) is 3.19. The maximum atomic E-state index is 12.3. The Morgan fingerprint density at radius 1 is 1.17 bits per heavy atom. The monoisotopic (exact) mass is 322 g/mol. The van der Waals surface area contributed by atoms with Gasteiger partial charge in [-0.1, -0.05) is 0 Å². The molecular weight excluding hydrogens is 308 g/mol. The van der Waals surface area contributed by atoms with Gasteiger partial charge in [0.25, 0.3) is 5.91 Å². The normalized spacial score (nSPS) is 11.1. The van der Waals surface area contributed by atoms with Gasteiger partial charge >= 0.3 is 0 Å². The minimum absolute atomic E-state index is 0.0808. The Labute approximate surface area is 136 Å². The van der Waals surface area contributed by atoms with Gasteiger partial charge in [-0.05, 0) is 36.2 Å². The van der Waals surface area contributed by atoms with Gasteiger partial charge in [-0.2, -0.15) is 0 Å². The third-order valence-corrected chi connectivity index (χ3v) is 4.70. The van der Waals surface area contributed by atoms with Crippen LogP contribution in [0.25, 0.3) is 21.3 Å². The minimum atomic E-state index is -0.0808. The predicted molar refractivity (Wildman–Crippen MR) is 91.8 cm³/mol. The number of fused-ring (bicyclic) bond motifs is 2. The fourth-order valence-corrected chi connectivity index (χ4v) is 3.53. The number of rotatable bonds is 4. The van der Waals surface area contributed by atoms with Gasteiger partial charge in [0.15, 0.2) is 0 Å². The summed E-state index contributed by atoms with van der Waals surface area (Å²) in [6.07, 6.45) is 6.18. The number of hydrogen-bond acceptors (Lipinski definition) is 4. The van der Waals surface area contributed by atoms with Crippen LogP contribution in [0.2, 0.25) is 0 Å². The summed E-state index contributed by atoms with van der Waals surface area (Å²) in [5.41, 5.74) is 4.49. The van der Waals surface area contributed by atoms with Crippen molar-refractivity contribution in [1.82, 2.24) is 20.3 Å². The van der Waals surface area contributed by atoms with Gasteiger partial charge in [0, 0.05) is 30.5 Å². The number of pyridine rings is 2. The van der Waals surface area contributed by atoms with Crippen LogP contribution in [0.1, 0.15) is 15.9 Å². The molecular formula is C17H14N4OS. The lowest BCUT2D eigenvalue weighted by molar-refractivity contribution is 0.0956. The summed E-state index contributed by atoms with van der Waals surface area (Å²) in [5, 5.41) is 4.83. The van der Waals surface area contributed by atoms with Crippen LogP contribution in [0.15, 0.2) is 48.2 Å². The molecule has 4 rings (SSSR count). The molecule has 4 aromatic rings. The van der Waals surface area contributed by atoms with E-state index >= 15 is 0 Å². The number of nitrogens with one attached hydrogen (secondary N) is 2. The second kappa shape index (κ2) is 5.81. The van der Waals surface area contributed by atoms with Crippen molar-refractivity contribution in [2.24, 2.45) is 0 Å². The van der Waals surface area contributed by atoms with Crippen molar-refractivity contribution in [3.8, 4) is 0 Å². The van der Waals surface area contributed by atoms with Crippen molar-refractivity contribution < 1.29 is 4.79 Å². The molecule has 0 spiro atoms. The zero-order valence-electron chi connectivity index (χ0n) is 12.2. The Bertz CT molecular complexity index is 988. The number of amides is 1. The van der Waals surface area contributed by atoms with Gasteiger partial charge in [0.2, 0.25) is 0 Å². The molecule has 4 aromatic heterocycles. The van der Waals surface area contributed by atoms with Gasteiger partial charge in [-0.25, -0.2) is 0 Å². The molecule has 0 fully saturated rings. The molecule has 0 bridgehead atoms. The maximum absolute atomic E-state index is 12.3. The van der Waals surface area contributed by atoms with Crippen LogP contribution < -0.4 is 5.32 Å². The first-order valence-electron chi connectivity index (χ1n) is 7.34. The number of nitrogens with zero attached hydrogens (tertiary/aromatic N) is 2. The van der Waals surface area contributed by atoms with Crippen LogP contribution >= 0.6 is 11.3 Å². The van der Waals surface area contributed by atoms with Gasteiger partial charge in [-0.15, -0.1) is 11.3 Å². The van der Waals surface area contributed by atoms with Crippen LogP contribution in [0, 0.1) is 0 Å². The van der Waals surface area contributed by atoms with Gasteiger partial charge in [0.1, 0.15) is 0 Å². The van der Waals surface area contributed by atoms with Crippen molar-refractivity contribution in [3.05, 3.63) is 59.4 Å². The fourth-order valence-electron chi connectivity index (χ4n) is 2.63. The van der Waals surface area contributed by atoms with E-state index in [0.717, 1.165) is 33.2 Å². The summed E-state index contributed by atoms with van der Waals surface area (Å²) in [4.78, 5) is 24.2. The lowest BCUT2D eigenvalue weighted by atomic mass is 10.2. The van der Waals surface area contributed by atoms with Gasteiger partial charge < -0.3 is 10.3 Å². The van der Waals surface area contributed by atoms with Crippen molar-refractivity contribution >= 4 is 38.5 Å². The third-order valence-electron chi connectivity index (χ3n) is 3.77. The van der Waals surface area contributed by atoms with E-state index in [4.69, 9.17) is 0 Å². The second-order valence-electron chi connectivity index (χ2n) is 5.22. The van der Waals surface area contributed by atoms with E-state index in [1.165, 1.54) is 11.3 Å². The van der Waals surface area contributed by atoms with Crippen LogP contribution in [0.3, 0.4) is 0 Å². The second-order valence-corrected chi connectivity index (χ2v) is 6.13. The summed E-state index contributed by atoms with van der Waals surface area (Å²) >= 11 is 1.54. The Hall–Kier alpha value is -2.73. The molecule has 2 N–H and O–H groups in total. The van der Waals surface area contributed by atoms with Crippen LogP contribution in [-0.2, 0) is 6.42 Å². The summed E-state index contributed by atoms with van der Waals surface area (Å²) in [6, 6.07) is 7.75. The van der Waals surface area contributed by atoms with Crippen LogP contribution in [-0.4, -0.2) is 27.4 Å². The van der Waals surface area contributed by atoms with Gasteiger partial charge in [0.05, 0.1) is 26.8 Å². The van der Waals surface area contributed by atoms with Crippen molar-refractivity contribution in [2.45, 2.75) is 6.42 Å². The number of thiophene rings is 1. The summed E-state index contributed by atoms with van der Waals surface area (Å²) in [6.45, 7) is 0.562. The highest BCUT2D eigenvalue weighted by molar-refractivity contribution is 7.17. The van der Waals surface area contributed by atoms with Crippen molar-refractivity contribution in [3.63, 3.8) is 0 Å². The number of aromatic nitrogens is 3. The molecule has 23 heavy (non-hydrogen) atoms. The molecule has 0 radical (unpaired) electrons. The lowest BCUT2D eigenvalue weighted by Crippen LogP contribution is -2.25. The quantitative estimate of drug-likeness (QED) is 0.606. The predicted octanol–water partition coefficient (Wildman–Crippen LogP) is 3.15. The largest absolute Gasteiger partial charge is 0.360 e. The molecule has 5 nitrogen and oxygen atoms in total. The first kappa shape index (κ1) is 13.9. The highest BCUT2D eigenvalue weighted by Crippen LogP contribution is 2.23. The van der Waals surface area contributed by atoms with E-state index in [2.05, 4.69) is 20.3 Å². The Kier molecular flexibility index (Phi) is 3.51. The number of carbonyl (C=O) groups is 1. The van der Waals surface area contributed by atoms with E-state index in [9.17, 15) is 4.79 Å². The van der Waals surface area contributed by atoms with Crippen LogP contribution in [0.5, 0.6) is 0 Å². The first-order valence-corrected chi connectivity index (χ1v) is 8.22. The van der Waals surface area contributed by atoms with E-state index in [1.807, 2.05) is 35.8 Å². The summed E-state index contributed by atoms with van der Waals surface area (Å²) in [7, 11) is 0. The molecule has 0 aromatic carbocycles. The number of H-pyrrole nitrogens is 1. The fraction of sp³-hybridized carbons (Fsp3) is 0.118. The van der Waals surface area contributed by atoms with Crippen molar-refractivity contribution in [2.75, 3.05) is 6.54 Å². The topological polar surface area (TPSA) is 70.7 Å². The van der Waals surface area contributed by atoms with Gasteiger partial charge in [-0.3, -0.25) is 14.8 Å². The number of hydrogen-bond donors (Lipinski definition) is 2. The van der Waals surface area contributed by atoms with E-state index in [0.29, 0.717) is 12.1 Å². The highest BCUT2D eigenvalue weighted by Gasteiger charge is 2.13. The van der Waals surface area contributed by atoms with E-state index in [1.54, 1.807) is 12.4 Å². The van der Waals surface area contributed by atoms with Crippen LogP contribution in [0.4, 0.5) is 0 Å². The van der Waals surface area contributed by atoms with Crippen molar-refractivity contribution in [1.29, 1.82) is 0 Å². The Morgan fingerprint density at radius 3 is 2.91 bits per heavy atom. The zero-order chi connectivity index (χ0) is 15.6. The molecule has 4 heterocycles. The first-order chi connectivity index (χ1) is 11.3. The highest BCUT2D eigenvalue weighted by atomic mass is 32.1. The molecule has 114 valence electrons. The molecule has 0 aliphatic carbocycles. The smallest absolute Gasteiger partial charge is 0.254 e. The molecule has 0 aliphatic rings. The SMILES string of the molecule is O=C(NCCc1c[nH]c2cccnc12)c1csc2cccnc12. The molecule has 6 heteroatoms. The molecule has 0 unspecified atom stereocenters. The standard InChI is InChI=1S/C17H14N4OS/c22-17(12-10-23-14-4-2-7-19-16(12)14)20-8-5-11-9-21-13-3-1-6-18-15(11)13/h1-4,6-7,9-10,21H,5,8H2,(H,20,22).